The van der Waals surface area contributed by atoms with E-state index in [9.17, 15) is 4.79 Å². The smallest absolute Gasteiger partial charge is 0.318 e. The van der Waals surface area contributed by atoms with Crippen LogP contribution in [0.3, 0.4) is 0 Å². The predicted octanol–water partition coefficient (Wildman–Crippen LogP) is 2.77. The van der Waals surface area contributed by atoms with Crippen LogP contribution in [-0.4, -0.2) is 41.8 Å². The van der Waals surface area contributed by atoms with Gasteiger partial charge in [-0.15, -0.1) is 0 Å². The highest BCUT2D eigenvalue weighted by Gasteiger charge is 2.52. The molecule has 2 atom stereocenters. The van der Waals surface area contributed by atoms with E-state index in [1.54, 1.807) is 0 Å². The molecule has 4 nitrogen and oxygen atoms in total. The van der Waals surface area contributed by atoms with Gasteiger partial charge in [0.05, 0.1) is 12.2 Å². The maximum atomic E-state index is 12.7. The Balaban J connectivity index is 1.44. The predicted molar refractivity (Wildman–Crippen MR) is 81.0 cm³/mol. The van der Waals surface area contributed by atoms with E-state index in [0.717, 1.165) is 30.8 Å². The number of hydrogen-bond acceptors (Lipinski definition) is 2. The van der Waals surface area contributed by atoms with Gasteiger partial charge in [0.1, 0.15) is 0 Å². The van der Waals surface area contributed by atoms with Gasteiger partial charge in [-0.1, -0.05) is 0 Å². The fourth-order valence-corrected chi connectivity index (χ4v) is 5.91. The maximum absolute atomic E-state index is 12.7. The molecular weight excluding hydrogens is 264 g/mol. The lowest BCUT2D eigenvalue weighted by Crippen LogP contribution is -2.63. The monoisotopic (exact) mass is 292 g/mol. The standard InChI is InChI=1S/C17H28N2O2/c1-11-9-19(10-12(2)21-11)16(20)18-17-6-13-3-14(7-17)5-15(4-13)8-17/h11-15H,3-10H2,1-2H3,(H,18,20)/t11-,12-,13?,14?,15?,17?/m1/s1. The highest BCUT2D eigenvalue weighted by Crippen LogP contribution is 2.55. The van der Waals surface area contributed by atoms with Gasteiger partial charge in [0, 0.05) is 18.6 Å². The molecule has 4 bridgehead atoms. The molecule has 1 saturated heterocycles. The molecule has 1 N–H and O–H groups in total. The number of hydrogen-bond donors (Lipinski definition) is 1. The summed E-state index contributed by atoms with van der Waals surface area (Å²) in [6.07, 6.45) is 8.22. The van der Waals surface area contributed by atoms with E-state index in [0.29, 0.717) is 0 Å². The van der Waals surface area contributed by atoms with Crippen molar-refractivity contribution in [3.05, 3.63) is 0 Å². The number of urea groups is 1. The number of carbonyl (C=O) groups is 1. The van der Waals surface area contributed by atoms with Crippen molar-refractivity contribution in [2.45, 2.75) is 70.1 Å². The second kappa shape index (κ2) is 4.87. The minimum absolute atomic E-state index is 0.122. The topological polar surface area (TPSA) is 41.6 Å². The van der Waals surface area contributed by atoms with Gasteiger partial charge in [0.15, 0.2) is 0 Å². The van der Waals surface area contributed by atoms with Crippen molar-refractivity contribution in [2.75, 3.05) is 13.1 Å². The molecule has 1 aliphatic heterocycles. The van der Waals surface area contributed by atoms with Gasteiger partial charge in [0.2, 0.25) is 0 Å². The average Bonchev–Trinajstić information content (AvgIpc) is 2.35. The summed E-state index contributed by atoms with van der Waals surface area (Å²) < 4.78 is 5.74. The molecule has 5 aliphatic rings. The molecule has 5 rings (SSSR count). The number of nitrogens with one attached hydrogen (secondary N) is 1. The zero-order chi connectivity index (χ0) is 14.6. The van der Waals surface area contributed by atoms with Crippen LogP contribution in [0.5, 0.6) is 0 Å². The Morgan fingerprint density at radius 3 is 1.95 bits per heavy atom. The van der Waals surface area contributed by atoms with Crippen LogP contribution >= 0.6 is 0 Å². The molecule has 2 amide bonds. The molecule has 0 aromatic rings. The first-order chi connectivity index (χ1) is 10.0. The van der Waals surface area contributed by atoms with Crippen LogP contribution in [0.25, 0.3) is 0 Å². The number of amides is 2. The van der Waals surface area contributed by atoms with E-state index in [1.165, 1.54) is 38.5 Å². The van der Waals surface area contributed by atoms with Crippen molar-refractivity contribution in [3.8, 4) is 0 Å². The SMILES string of the molecule is C[C@@H]1CN(C(=O)NC23CC4CC(CC(C4)C2)C3)C[C@@H](C)O1. The number of rotatable bonds is 1. The number of nitrogens with zero attached hydrogens (tertiary/aromatic N) is 1. The van der Waals surface area contributed by atoms with Crippen LogP contribution in [-0.2, 0) is 4.74 Å². The van der Waals surface area contributed by atoms with Crippen molar-refractivity contribution in [3.63, 3.8) is 0 Å². The largest absolute Gasteiger partial charge is 0.372 e. The zero-order valence-corrected chi connectivity index (χ0v) is 13.3. The zero-order valence-electron chi connectivity index (χ0n) is 13.3. The van der Waals surface area contributed by atoms with Gasteiger partial charge in [-0.25, -0.2) is 4.79 Å². The molecule has 1 heterocycles. The highest BCUT2D eigenvalue weighted by atomic mass is 16.5. The number of ether oxygens (including phenoxy) is 1. The Kier molecular flexibility index (Phi) is 3.21. The van der Waals surface area contributed by atoms with Crippen LogP contribution in [0.15, 0.2) is 0 Å². The fourth-order valence-electron chi connectivity index (χ4n) is 5.91. The lowest BCUT2D eigenvalue weighted by molar-refractivity contribution is -0.0593. The third kappa shape index (κ3) is 2.56. The maximum Gasteiger partial charge on any atom is 0.318 e. The van der Waals surface area contributed by atoms with E-state index in [4.69, 9.17) is 4.74 Å². The Morgan fingerprint density at radius 2 is 1.48 bits per heavy atom. The molecule has 0 aromatic carbocycles. The van der Waals surface area contributed by atoms with Crippen molar-refractivity contribution >= 4 is 6.03 Å². The van der Waals surface area contributed by atoms with Crippen LogP contribution in [0.1, 0.15) is 52.4 Å². The van der Waals surface area contributed by atoms with E-state index in [2.05, 4.69) is 19.2 Å². The van der Waals surface area contributed by atoms with Crippen molar-refractivity contribution < 1.29 is 9.53 Å². The van der Waals surface area contributed by atoms with Gasteiger partial charge < -0.3 is 15.0 Å². The van der Waals surface area contributed by atoms with Crippen molar-refractivity contribution in [2.24, 2.45) is 17.8 Å². The molecule has 4 heteroatoms. The average molecular weight is 292 g/mol. The Labute approximate surface area is 127 Å². The van der Waals surface area contributed by atoms with Crippen LogP contribution in [0.2, 0.25) is 0 Å². The summed E-state index contributed by atoms with van der Waals surface area (Å²) in [5.74, 6) is 2.62. The normalized spacial score (nSPS) is 48.5. The van der Waals surface area contributed by atoms with Crippen LogP contribution < -0.4 is 5.32 Å². The lowest BCUT2D eigenvalue weighted by Gasteiger charge is -2.57. The van der Waals surface area contributed by atoms with Gasteiger partial charge in [0.25, 0.3) is 0 Å². The van der Waals surface area contributed by atoms with E-state index in [1.807, 2.05) is 4.90 Å². The summed E-state index contributed by atoms with van der Waals surface area (Å²) in [7, 11) is 0. The number of carbonyl (C=O) groups excluding carboxylic acids is 1. The molecule has 0 spiro atoms. The molecular formula is C17H28N2O2. The second-order valence-electron chi connectivity index (χ2n) is 8.29. The molecule has 5 fully saturated rings. The summed E-state index contributed by atoms with van der Waals surface area (Å²) in [6, 6.07) is 0.152. The lowest BCUT2D eigenvalue weighted by atomic mass is 9.53. The van der Waals surface area contributed by atoms with Gasteiger partial charge in [-0.05, 0) is 70.1 Å². The molecule has 4 aliphatic carbocycles. The quantitative estimate of drug-likeness (QED) is 0.807. The van der Waals surface area contributed by atoms with E-state index >= 15 is 0 Å². The van der Waals surface area contributed by atoms with Crippen molar-refractivity contribution in [1.82, 2.24) is 10.2 Å². The first kappa shape index (κ1) is 13.9. The fraction of sp³-hybridized carbons (Fsp3) is 0.941. The highest BCUT2D eigenvalue weighted by molar-refractivity contribution is 5.75. The molecule has 0 unspecified atom stereocenters. The summed E-state index contributed by atoms with van der Waals surface area (Å²) in [4.78, 5) is 14.7. The summed E-state index contributed by atoms with van der Waals surface area (Å²) in [6.45, 7) is 5.56. The minimum atomic E-state index is 0.122. The third-order valence-electron chi connectivity index (χ3n) is 6.12. The van der Waals surface area contributed by atoms with Crippen LogP contribution in [0, 0.1) is 17.8 Å². The molecule has 118 valence electrons. The summed E-state index contributed by atoms with van der Waals surface area (Å²) in [5.41, 5.74) is 0.122. The molecule has 21 heavy (non-hydrogen) atoms. The van der Waals surface area contributed by atoms with E-state index < -0.39 is 0 Å². The first-order valence-electron chi connectivity index (χ1n) is 8.74. The Bertz CT molecular complexity index is 391. The Hall–Kier alpha value is -0.770. The first-order valence-corrected chi connectivity index (χ1v) is 8.74. The van der Waals surface area contributed by atoms with Gasteiger partial charge in [-0.2, -0.15) is 0 Å². The molecule has 4 saturated carbocycles. The van der Waals surface area contributed by atoms with Crippen LogP contribution in [0.4, 0.5) is 4.79 Å². The van der Waals surface area contributed by atoms with Gasteiger partial charge in [-0.3, -0.25) is 0 Å². The summed E-state index contributed by atoms with van der Waals surface area (Å²) in [5, 5.41) is 3.47. The minimum Gasteiger partial charge on any atom is -0.372 e. The molecule has 0 aromatic heterocycles. The molecule has 0 radical (unpaired) electrons. The van der Waals surface area contributed by atoms with E-state index in [-0.39, 0.29) is 23.8 Å². The number of morpholine rings is 1. The summed E-state index contributed by atoms with van der Waals surface area (Å²) >= 11 is 0. The van der Waals surface area contributed by atoms with Crippen molar-refractivity contribution in [1.29, 1.82) is 0 Å². The Morgan fingerprint density at radius 1 is 1.00 bits per heavy atom. The van der Waals surface area contributed by atoms with Gasteiger partial charge >= 0.3 is 6.03 Å². The third-order valence-corrected chi connectivity index (χ3v) is 6.12. The second-order valence-corrected chi connectivity index (χ2v) is 8.29.